The average molecular weight is 346 g/mol. The number of nitrogens with one attached hydrogen (secondary N) is 2. The number of urea groups is 1. The normalized spacial score (nSPS) is 21.3. The van der Waals surface area contributed by atoms with Gasteiger partial charge >= 0.3 is 6.03 Å². The Morgan fingerprint density at radius 3 is 2.72 bits per heavy atom. The number of anilines is 1. The first-order chi connectivity index (χ1) is 11.7. The molecule has 8 heteroatoms. The minimum Gasteiger partial charge on any atom is -0.378 e. The number of pyridine rings is 1. The minimum absolute atomic E-state index is 0.361. The van der Waals surface area contributed by atoms with Gasteiger partial charge in [-0.05, 0) is 38.3 Å². The van der Waals surface area contributed by atoms with Crippen LogP contribution >= 0.6 is 0 Å². The Morgan fingerprint density at radius 2 is 2.08 bits per heavy atom. The van der Waals surface area contributed by atoms with E-state index in [1.807, 2.05) is 6.92 Å². The smallest absolute Gasteiger partial charge is 0.325 e. The first-order valence-electron chi connectivity index (χ1n) is 8.33. The summed E-state index contributed by atoms with van der Waals surface area (Å²) >= 11 is 0. The highest BCUT2D eigenvalue weighted by molar-refractivity contribution is 6.08. The number of aliphatic hydroxyl groups is 1. The predicted octanol–water partition coefficient (Wildman–Crippen LogP) is 0.944. The quantitative estimate of drug-likeness (QED) is 0.703. The molecule has 1 unspecified atom stereocenters. The summed E-state index contributed by atoms with van der Waals surface area (Å²) in [4.78, 5) is 42.1. The highest BCUT2D eigenvalue weighted by Crippen LogP contribution is 2.35. The Balaban J connectivity index is 1.71. The van der Waals surface area contributed by atoms with Crippen molar-refractivity contribution in [1.82, 2.24) is 15.2 Å². The second-order valence-electron chi connectivity index (χ2n) is 7.09. The van der Waals surface area contributed by atoms with Gasteiger partial charge in [-0.15, -0.1) is 0 Å². The molecule has 0 aromatic carbocycles. The van der Waals surface area contributed by atoms with E-state index in [4.69, 9.17) is 0 Å². The van der Waals surface area contributed by atoms with Gasteiger partial charge in [0, 0.05) is 6.20 Å². The third-order valence-corrected chi connectivity index (χ3v) is 4.79. The molecule has 4 amide bonds. The van der Waals surface area contributed by atoms with Crippen LogP contribution in [0.3, 0.4) is 0 Å². The first-order valence-corrected chi connectivity index (χ1v) is 8.33. The maximum Gasteiger partial charge on any atom is 0.325 e. The zero-order chi connectivity index (χ0) is 18.2. The van der Waals surface area contributed by atoms with E-state index in [1.165, 1.54) is 13.1 Å². The highest BCUT2D eigenvalue weighted by Gasteiger charge is 2.54. The molecule has 3 rings (SSSR count). The van der Waals surface area contributed by atoms with Gasteiger partial charge in [-0.3, -0.25) is 19.5 Å². The van der Waals surface area contributed by atoms with Gasteiger partial charge in [-0.25, -0.2) is 4.79 Å². The predicted molar refractivity (Wildman–Crippen MR) is 89.7 cm³/mol. The topological polar surface area (TPSA) is 112 Å². The van der Waals surface area contributed by atoms with Crippen molar-refractivity contribution in [2.24, 2.45) is 0 Å². The summed E-state index contributed by atoms with van der Waals surface area (Å²) in [7, 11) is 0. The zero-order valence-corrected chi connectivity index (χ0v) is 14.3. The molecular weight excluding hydrogens is 324 g/mol. The van der Waals surface area contributed by atoms with Crippen LogP contribution in [0.25, 0.3) is 0 Å². The molecule has 2 fully saturated rings. The number of hydrogen-bond acceptors (Lipinski definition) is 5. The van der Waals surface area contributed by atoms with E-state index in [-0.39, 0.29) is 5.91 Å². The lowest BCUT2D eigenvalue weighted by atomic mass is 9.97. The van der Waals surface area contributed by atoms with Crippen molar-refractivity contribution in [3.8, 4) is 0 Å². The maximum absolute atomic E-state index is 12.6. The van der Waals surface area contributed by atoms with Crippen LogP contribution in [-0.2, 0) is 9.59 Å². The average Bonchev–Trinajstić information content (AvgIpc) is 3.09. The van der Waals surface area contributed by atoms with Crippen LogP contribution < -0.4 is 10.6 Å². The van der Waals surface area contributed by atoms with Crippen LogP contribution in [0.2, 0.25) is 0 Å². The third kappa shape index (κ3) is 3.21. The maximum atomic E-state index is 12.6. The number of carbonyl (C=O) groups is 3. The fraction of sp³-hybridized carbons (Fsp3) is 0.529. The number of aryl methyl sites for hydroxylation is 1. The SMILES string of the molecule is Cc1cncc(NC(=O)C(C)(O)CN2C(=O)NC3(CCCC3)C2=O)c1. The number of imide groups is 1. The van der Waals surface area contributed by atoms with Crippen LogP contribution in [0.4, 0.5) is 10.5 Å². The fourth-order valence-corrected chi connectivity index (χ4v) is 3.41. The fourth-order valence-electron chi connectivity index (χ4n) is 3.41. The molecule has 0 bridgehead atoms. The largest absolute Gasteiger partial charge is 0.378 e. The van der Waals surface area contributed by atoms with E-state index in [2.05, 4.69) is 15.6 Å². The molecule has 1 aromatic rings. The molecule has 3 N–H and O–H groups in total. The molecule has 1 saturated heterocycles. The van der Waals surface area contributed by atoms with E-state index >= 15 is 0 Å². The Labute approximate surface area is 145 Å². The molecule has 134 valence electrons. The number of carbonyl (C=O) groups excluding carboxylic acids is 3. The summed E-state index contributed by atoms with van der Waals surface area (Å²) in [6, 6.07) is 1.15. The van der Waals surface area contributed by atoms with E-state index < -0.39 is 29.6 Å². The van der Waals surface area contributed by atoms with Gasteiger partial charge in [0.25, 0.3) is 11.8 Å². The summed E-state index contributed by atoms with van der Waals surface area (Å²) < 4.78 is 0. The van der Waals surface area contributed by atoms with Crippen LogP contribution in [-0.4, -0.2) is 50.5 Å². The van der Waals surface area contributed by atoms with Crippen LogP contribution in [0.15, 0.2) is 18.5 Å². The lowest BCUT2D eigenvalue weighted by molar-refractivity contribution is -0.139. The number of amides is 4. The molecule has 25 heavy (non-hydrogen) atoms. The lowest BCUT2D eigenvalue weighted by Crippen LogP contribution is -2.52. The lowest BCUT2D eigenvalue weighted by Gasteiger charge is -2.27. The Morgan fingerprint density at radius 1 is 1.40 bits per heavy atom. The Hall–Kier alpha value is -2.48. The van der Waals surface area contributed by atoms with Gasteiger partial charge in [0.2, 0.25) is 0 Å². The summed E-state index contributed by atoms with van der Waals surface area (Å²) in [5.74, 6) is -1.06. The van der Waals surface area contributed by atoms with Crippen LogP contribution in [0, 0.1) is 6.92 Å². The Bertz CT molecular complexity index is 725. The second kappa shape index (κ2) is 6.11. The molecule has 1 spiro atoms. The number of nitrogens with zero attached hydrogens (tertiary/aromatic N) is 2. The van der Waals surface area contributed by atoms with E-state index in [1.54, 1.807) is 12.3 Å². The van der Waals surface area contributed by atoms with Crippen molar-refractivity contribution in [3.05, 3.63) is 24.0 Å². The van der Waals surface area contributed by atoms with Crippen molar-refractivity contribution < 1.29 is 19.5 Å². The van der Waals surface area contributed by atoms with Gasteiger partial charge < -0.3 is 15.7 Å². The number of β-amino-alcohol motifs (C(OH)–C–C–N with tert-alkyl or cyclic N) is 1. The number of aromatic nitrogens is 1. The van der Waals surface area contributed by atoms with Crippen molar-refractivity contribution in [3.63, 3.8) is 0 Å². The number of rotatable bonds is 4. The van der Waals surface area contributed by atoms with Gasteiger partial charge in [-0.1, -0.05) is 12.8 Å². The standard InChI is InChI=1S/C17H22N4O4/c1-11-7-12(9-18-8-11)19-13(22)16(2,25)10-21-14(23)17(20-15(21)24)5-3-4-6-17/h7-9,25H,3-6,10H2,1-2H3,(H,19,22)(H,20,24). The van der Waals surface area contributed by atoms with E-state index in [9.17, 15) is 19.5 Å². The second-order valence-corrected chi connectivity index (χ2v) is 7.09. The molecule has 1 saturated carbocycles. The molecule has 0 radical (unpaired) electrons. The van der Waals surface area contributed by atoms with Crippen LogP contribution in [0.1, 0.15) is 38.2 Å². The highest BCUT2D eigenvalue weighted by atomic mass is 16.3. The van der Waals surface area contributed by atoms with Gasteiger partial charge in [0.15, 0.2) is 5.60 Å². The molecular formula is C17H22N4O4. The summed E-state index contributed by atoms with van der Waals surface area (Å²) in [6.07, 6.45) is 6.03. The van der Waals surface area contributed by atoms with Crippen LogP contribution in [0.5, 0.6) is 0 Å². The minimum atomic E-state index is -1.92. The molecule has 1 atom stereocenters. The van der Waals surface area contributed by atoms with Gasteiger partial charge in [0.1, 0.15) is 5.54 Å². The van der Waals surface area contributed by atoms with Gasteiger partial charge in [0.05, 0.1) is 18.4 Å². The number of hydrogen-bond donors (Lipinski definition) is 3. The third-order valence-electron chi connectivity index (χ3n) is 4.79. The van der Waals surface area contributed by atoms with E-state index in [0.717, 1.165) is 23.3 Å². The molecule has 1 aromatic heterocycles. The molecule has 1 aliphatic carbocycles. The first kappa shape index (κ1) is 17.3. The molecule has 2 heterocycles. The van der Waals surface area contributed by atoms with Crippen molar-refractivity contribution >= 4 is 23.5 Å². The summed E-state index contributed by atoms with van der Waals surface area (Å²) in [5, 5.41) is 15.8. The van der Waals surface area contributed by atoms with Crippen molar-refractivity contribution in [1.29, 1.82) is 0 Å². The summed E-state index contributed by atoms with van der Waals surface area (Å²) in [6.45, 7) is 2.71. The summed E-state index contributed by atoms with van der Waals surface area (Å²) in [5.41, 5.74) is -1.48. The zero-order valence-electron chi connectivity index (χ0n) is 14.3. The molecule has 8 nitrogen and oxygen atoms in total. The van der Waals surface area contributed by atoms with E-state index in [0.29, 0.717) is 18.5 Å². The Kier molecular flexibility index (Phi) is 4.24. The monoisotopic (exact) mass is 346 g/mol. The van der Waals surface area contributed by atoms with Crippen molar-refractivity contribution in [2.45, 2.75) is 50.7 Å². The molecule has 2 aliphatic rings. The van der Waals surface area contributed by atoms with Gasteiger partial charge in [-0.2, -0.15) is 0 Å². The van der Waals surface area contributed by atoms with Crippen molar-refractivity contribution in [2.75, 3.05) is 11.9 Å². The molecule has 1 aliphatic heterocycles.